The minimum absolute atomic E-state index is 0.192. The molecule has 0 aliphatic carbocycles. The number of carbonyl (C=O) groups is 1. The van der Waals surface area contributed by atoms with E-state index in [0.717, 1.165) is 5.56 Å². The number of methoxy groups -OCH3 is 1. The third-order valence-corrected chi connectivity index (χ3v) is 7.31. The molecule has 0 spiro atoms. The van der Waals surface area contributed by atoms with Gasteiger partial charge >= 0.3 is 5.97 Å². The van der Waals surface area contributed by atoms with Crippen LogP contribution in [0.1, 0.15) is 30.7 Å². The summed E-state index contributed by atoms with van der Waals surface area (Å²) in [5.41, 5.74) is 1.33. The summed E-state index contributed by atoms with van der Waals surface area (Å²) in [6.07, 6.45) is 2.03. The van der Waals surface area contributed by atoms with Crippen molar-refractivity contribution in [2.24, 2.45) is 4.99 Å². The van der Waals surface area contributed by atoms with Crippen molar-refractivity contribution >= 4 is 40.7 Å². The highest BCUT2D eigenvalue weighted by Gasteiger charge is 2.33. The molecular weight excluding hydrogens is 530 g/mol. The summed E-state index contributed by atoms with van der Waals surface area (Å²) in [6.45, 7) is 1.89. The average molecular weight is 550 g/mol. The SMILES string of the molecule is CCC1=C(C(=O)OC)[C@@H](c2ccccc2)n2c(s/c(=C/c3ccc(-c4ccc(Cl)cc4[N+](=O)[O-])o3)c2=O)=N1. The molecule has 0 saturated carbocycles. The van der Waals surface area contributed by atoms with E-state index in [2.05, 4.69) is 4.99 Å². The molecular formula is C27H20ClN3O6S. The van der Waals surface area contributed by atoms with Gasteiger partial charge in [0, 0.05) is 17.2 Å². The highest BCUT2D eigenvalue weighted by atomic mass is 35.5. The maximum atomic E-state index is 13.7. The molecule has 0 bridgehead atoms. The van der Waals surface area contributed by atoms with Crippen molar-refractivity contribution in [2.45, 2.75) is 19.4 Å². The number of furan rings is 1. The van der Waals surface area contributed by atoms with Gasteiger partial charge in [0.2, 0.25) is 0 Å². The van der Waals surface area contributed by atoms with Gasteiger partial charge in [0.15, 0.2) is 4.80 Å². The van der Waals surface area contributed by atoms with Crippen LogP contribution < -0.4 is 14.9 Å². The number of fused-ring (bicyclic) bond motifs is 1. The van der Waals surface area contributed by atoms with Crippen molar-refractivity contribution < 1.29 is 18.9 Å². The lowest BCUT2D eigenvalue weighted by Crippen LogP contribution is -2.40. The van der Waals surface area contributed by atoms with E-state index in [1.165, 1.54) is 41.2 Å². The molecule has 38 heavy (non-hydrogen) atoms. The Balaban J connectivity index is 1.65. The number of halogens is 1. The van der Waals surface area contributed by atoms with E-state index < -0.39 is 16.9 Å². The molecule has 4 aromatic rings. The Hall–Kier alpha value is -4.28. The summed E-state index contributed by atoms with van der Waals surface area (Å²) in [6, 6.07) is 16.0. The number of nitrogens with zero attached hydrogens (tertiary/aromatic N) is 3. The number of ether oxygens (including phenoxy) is 1. The molecule has 0 saturated heterocycles. The molecule has 5 rings (SSSR count). The van der Waals surface area contributed by atoms with Gasteiger partial charge in [-0.25, -0.2) is 9.79 Å². The van der Waals surface area contributed by atoms with Gasteiger partial charge in [-0.3, -0.25) is 19.5 Å². The maximum Gasteiger partial charge on any atom is 0.338 e. The van der Waals surface area contributed by atoms with Crippen molar-refractivity contribution in [3.05, 3.63) is 118 Å². The van der Waals surface area contributed by atoms with E-state index in [1.54, 1.807) is 18.2 Å². The number of carbonyl (C=O) groups excluding carboxylic acids is 1. The van der Waals surface area contributed by atoms with Gasteiger partial charge in [0.1, 0.15) is 11.5 Å². The summed E-state index contributed by atoms with van der Waals surface area (Å²) < 4.78 is 12.7. The highest BCUT2D eigenvalue weighted by Crippen LogP contribution is 2.34. The summed E-state index contributed by atoms with van der Waals surface area (Å²) in [7, 11) is 1.30. The Morgan fingerprint density at radius 3 is 2.68 bits per heavy atom. The van der Waals surface area contributed by atoms with Crippen LogP contribution >= 0.6 is 22.9 Å². The molecule has 11 heteroatoms. The molecule has 0 unspecified atom stereocenters. The first-order valence-corrected chi connectivity index (χ1v) is 12.7. The van der Waals surface area contributed by atoms with Crippen LogP contribution in [0.2, 0.25) is 5.02 Å². The zero-order chi connectivity index (χ0) is 27.0. The van der Waals surface area contributed by atoms with Crippen LogP contribution in [0.3, 0.4) is 0 Å². The first-order valence-electron chi connectivity index (χ1n) is 11.5. The predicted molar refractivity (Wildman–Crippen MR) is 143 cm³/mol. The number of hydrogen-bond acceptors (Lipinski definition) is 8. The minimum atomic E-state index is -0.708. The Bertz CT molecular complexity index is 1780. The molecule has 2 aromatic carbocycles. The molecule has 192 valence electrons. The Kier molecular flexibility index (Phi) is 6.83. The third kappa shape index (κ3) is 4.48. The second kappa shape index (κ2) is 10.2. The molecule has 9 nitrogen and oxygen atoms in total. The van der Waals surface area contributed by atoms with Crippen LogP contribution in [-0.4, -0.2) is 22.6 Å². The van der Waals surface area contributed by atoms with Crippen molar-refractivity contribution in [3.8, 4) is 11.3 Å². The lowest BCUT2D eigenvalue weighted by molar-refractivity contribution is -0.384. The monoisotopic (exact) mass is 549 g/mol. The van der Waals surface area contributed by atoms with Crippen molar-refractivity contribution in [2.75, 3.05) is 7.11 Å². The highest BCUT2D eigenvalue weighted by molar-refractivity contribution is 7.07. The molecule has 3 heterocycles. The number of nitro benzene ring substituents is 1. The van der Waals surface area contributed by atoms with E-state index >= 15 is 0 Å². The van der Waals surface area contributed by atoms with E-state index in [0.29, 0.717) is 32.8 Å². The summed E-state index contributed by atoms with van der Waals surface area (Å²) >= 11 is 7.09. The Morgan fingerprint density at radius 2 is 2.00 bits per heavy atom. The second-order valence-electron chi connectivity index (χ2n) is 8.32. The van der Waals surface area contributed by atoms with Crippen LogP contribution in [0.15, 0.2) is 86.1 Å². The maximum absolute atomic E-state index is 13.7. The number of nitro groups is 1. The number of allylic oxidation sites excluding steroid dienone is 1. The molecule has 1 aliphatic rings. The number of rotatable bonds is 6. The molecule has 0 radical (unpaired) electrons. The van der Waals surface area contributed by atoms with Gasteiger partial charge in [-0.2, -0.15) is 0 Å². The zero-order valence-corrected chi connectivity index (χ0v) is 21.8. The van der Waals surface area contributed by atoms with Crippen LogP contribution in [0.5, 0.6) is 0 Å². The topological polar surface area (TPSA) is 117 Å². The van der Waals surface area contributed by atoms with Crippen molar-refractivity contribution in [3.63, 3.8) is 0 Å². The van der Waals surface area contributed by atoms with E-state index in [-0.39, 0.29) is 27.6 Å². The van der Waals surface area contributed by atoms with E-state index in [4.69, 9.17) is 20.8 Å². The Morgan fingerprint density at radius 1 is 1.24 bits per heavy atom. The van der Waals surface area contributed by atoms with Gasteiger partial charge < -0.3 is 9.15 Å². The van der Waals surface area contributed by atoms with Crippen LogP contribution in [-0.2, 0) is 9.53 Å². The fourth-order valence-electron chi connectivity index (χ4n) is 4.38. The van der Waals surface area contributed by atoms with Crippen LogP contribution in [0.25, 0.3) is 17.4 Å². The molecule has 1 aliphatic heterocycles. The average Bonchev–Trinajstić information content (AvgIpc) is 3.51. The Labute approximate surface area is 224 Å². The first kappa shape index (κ1) is 25.4. The zero-order valence-electron chi connectivity index (χ0n) is 20.2. The van der Waals surface area contributed by atoms with Crippen molar-refractivity contribution in [1.82, 2.24) is 4.57 Å². The number of thiazole rings is 1. The second-order valence-corrected chi connectivity index (χ2v) is 9.77. The number of benzene rings is 2. The lowest BCUT2D eigenvalue weighted by Gasteiger charge is -2.25. The number of hydrogen-bond donors (Lipinski definition) is 0. The smallest absolute Gasteiger partial charge is 0.338 e. The number of esters is 1. The summed E-state index contributed by atoms with van der Waals surface area (Å²) in [4.78, 5) is 42.6. The molecule has 0 amide bonds. The first-order chi connectivity index (χ1) is 18.3. The fraction of sp³-hybridized carbons (Fsp3) is 0.148. The molecule has 0 fully saturated rings. The van der Waals surface area contributed by atoms with E-state index in [1.807, 2.05) is 37.3 Å². The van der Waals surface area contributed by atoms with Gasteiger partial charge in [0.25, 0.3) is 11.2 Å². The molecule has 0 N–H and O–H groups in total. The third-order valence-electron chi connectivity index (χ3n) is 6.09. The largest absolute Gasteiger partial charge is 0.466 e. The number of aromatic nitrogens is 1. The van der Waals surface area contributed by atoms with Gasteiger partial charge in [0.05, 0.1) is 39.4 Å². The lowest BCUT2D eigenvalue weighted by atomic mass is 9.95. The van der Waals surface area contributed by atoms with Gasteiger partial charge in [-0.15, -0.1) is 0 Å². The standard InChI is InChI=1S/C27H20ClN3O6S/c1-3-19-23(26(33)36-2)24(15-7-5-4-6-8-15)30-25(32)22(38-27(30)29-19)14-17-10-12-21(37-17)18-11-9-16(28)13-20(18)31(34)35/h4-14,24H,3H2,1-2H3/b22-14+/t24-/m1/s1. The summed E-state index contributed by atoms with van der Waals surface area (Å²) in [5.74, 6) is 0.0402. The minimum Gasteiger partial charge on any atom is -0.466 e. The predicted octanol–water partition coefficient (Wildman–Crippen LogP) is 4.62. The molecule has 2 aromatic heterocycles. The van der Waals surface area contributed by atoms with Crippen LogP contribution in [0, 0.1) is 10.1 Å². The van der Waals surface area contributed by atoms with E-state index in [9.17, 15) is 19.7 Å². The summed E-state index contributed by atoms with van der Waals surface area (Å²) in [5, 5.41) is 11.7. The fourth-order valence-corrected chi connectivity index (χ4v) is 5.55. The van der Waals surface area contributed by atoms with Gasteiger partial charge in [-0.1, -0.05) is 60.2 Å². The van der Waals surface area contributed by atoms with Crippen molar-refractivity contribution in [1.29, 1.82) is 0 Å². The van der Waals surface area contributed by atoms with Crippen LogP contribution in [0.4, 0.5) is 5.69 Å². The van der Waals surface area contributed by atoms with Gasteiger partial charge in [-0.05, 0) is 36.2 Å². The quantitative estimate of drug-likeness (QED) is 0.197. The normalized spacial score (nSPS) is 15.2. The molecule has 1 atom stereocenters.